The zero-order valence-electron chi connectivity index (χ0n) is 12.6. The SMILES string of the molecule is CCc1nn(C)c2c1[nH]c(=S)n2CC(=O)NC(C)(C)C. The van der Waals surface area contributed by atoms with Gasteiger partial charge in [0.05, 0.1) is 5.69 Å². The molecule has 6 nitrogen and oxygen atoms in total. The van der Waals surface area contributed by atoms with E-state index in [1.165, 1.54) is 0 Å². The Morgan fingerprint density at radius 2 is 2.10 bits per heavy atom. The highest BCUT2D eigenvalue weighted by molar-refractivity contribution is 7.71. The van der Waals surface area contributed by atoms with Crippen LogP contribution in [0.2, 0.25) is 0 Å². The minimum atomic E-state index is -0.254. The van der Waals surface area contributed by atoms with E-state index < -0.39 is 0 Å². The second-order valence-corrected chi connectivity index (χ2v) is 6.32. The number of aromatic nitrogens is 4. The van der Waals surface area contributed by atoms with E-state index in [-0.39, 0.29) is 18.0 Å². The highest BCUT2D eigenvalue weighted by Gasteiger charge is 2.18. The lowest BCUT2D eigenvalue weighted by atomic mass is 10.1. The Morgan fingerprint density at radius 1 is 1.45 bits per heavy atom. The molecule has 1 amide bonds. The molecule has 0 aliphatic heterocycles. The standard InChI is InChI=1S/C13H21N5OS/c1-6-8-10-11(17(5)16-8)18(12(20)14-10)7-9(19)15-13(2,3)4/h6-7H2,1-5H3,(H,14,20)(H,15,19). The van der Waals surface area contributed by atoms with Gasteiger partial charge in [-0.2, -0.15) is 5.10 Å². The summed E-state index contributed by atoms with van der Waals surface area (Å²) in [5, 5.41) is 7.38. The van der Waals surface area contributed by atoms with Crippen LogP contribution in [0.25, 0.3) is 11.2 Å². The van der Waals surface area contributed by atoms with Gasteiger partial charge in [-0.15, -0.1) is 0 Å². The summed E-state index contributed by atoms with van der Waals surface area (Å²) in [5.74, 6) is -0.0613. The van der Waals surface area contributed by atoms with Gasteiger partial charge in [0.2, 0.25) is 5.91 Å². The summed E-state index contributed by atoms with van der Waals surface area (Å²) in [6.07, 6.45) is 0.820. The second kappa shape index (κ2) is 5.05. The van der Waals surface area contributed by atoms with Crippen LogP contribution in [0.5, 0.6) is 0 Å². The van der Waals surface area contributed by atoms with Crippen LogP contribution in [0, 0.1) is 4.77 Å². The van der Waals surface area contributed by atoms with Gasteiger partial charge in [0.15, 0.2) is 10.4 Å². The molecule has 0 spiro atoms. The maximum absolute atomic E-state index is 12.1. The highest BCUT2D eigenvalue weighted by atomic mass is 32.1. The quantitative estimate of drug-likeness (QED) is 0.850. The zero-order valence-corrected chi connectivity index (χ0v) is 13.4. The van der Waals surface area contributed by atoms with Crippen LogP contribution in [0.3, 0.4) is 0 Å². The molecule has 0 radical (unpaired) electrons. The van der Waals surface area contributed by atoms with Gasteiger partial charge in [-0.1, -0.05) is 6.92 Å². The number of aryl methyl sites for hydroxylation is 2. The second-order valence-electron chi connectivity index (χ2n) is 5.94. The number of hydrogen-bond acceptors (Lipinski definition) is 3. The molecule has 0 saturated heterocycles. The zero-order chi connectivity index (χ0) is 15.1. The van der Waals surface area contributed by atoms with Crippen molar-refractivity contribution in [3.8, 4) is 0 Å². The largest absolute Gasteiger partial charge is 0.350 e. The Bertz CT molecular complexity index is 701. The van der Waals surface area contributed by atoms with Crippen molar-refractivity contribution in [2.24, 2.45) is 7.05 Å². The Balaban J connectivity index is 2.40. The summed E-state index contributed by atoms with van der Waals surface area (Å²) < 4.78 is 4.11. The molecule has 20 heavy (non-hydrogen) atoms. The van der Waals surface area contributed by atoms with Gasteiger partial charge in [0.25, 0.3) is 0 Å². The number of amides is 1. The fourth-order valence-electron chi connectivity index (χ4n) is 2.27. The monoisotopic (exact) mass is 295 g/mol. The lowest BCUT2D eigenvalue weighted by Crippen LogP contribution is -2.42. The van der Waals surface area contributed by atoms with Gasteiger partial charge in [-0.3, -0.25) is 14.0 Å². The molecule has 0 saturated carbocycles. The summed E-state index contributed by atoms with van der Waals surface area (Å²) in [5.41, 5.74) is 2.48. The van der Waals surface area contributed by atoms with E-state index in [0.29, 0.717) is 4.77 Å². The molecule has 0 aliphatic carbocycles. The van der Waals surface area contributed by atoms with Crippen molar-refractivity contribution >= 4 is 29.3 Å². The van der Waals surface area contributed by atoms with E-state index >= 15 is 0 Å². The maximum Gasteiger partial charge on any atom is 0.240 e. The molecule has 2 aromatic heterocycles. The summed E-state index contributed by atoms with van der Waals surface area (Å²) in [7, 11) is 1.86. The molecule has 110 valence electrons. The molecule has 2 rings (SSSR count). The maximum atomic E-state index is 12.1. The van der Waals surface area contributed by atoms with E-state index in [0.717, 1.165) is 23.3 Å². The van der Waals surface area contributed by atoms with Crippen molar-refractivity contribution in [3.63, 3.8) is 0 Å². The molecule has 0 atom stereocenters. The van der Waals surface area contributed by atoms with Crippen LogP contribution in [0.15, 0.2) is 0 Å². The van der Waals surface area contributed by atoms with Crippen molar-refractivity contribution in [2.75, 3.05) is 0 Å². The number of nitrogens with zero attached hydrogens (tertiary/aromatic N) is 3. The predicted octanol–water partition coefficient (Wildman–Crippen LogP) is 1.91. The molecule has 7 heteroatoms. The van der Waals surface area contributed by atoms with Crippen molar-refractivity contribution in [3.05, 3.63) is 10.5 Å². The van der Waals surface area contributed by atoms with Gasteiger partial charge >= 0.3 is 0 Å². The number of hydrogen-bond donors (Lipinski definition) is 2. The van der Waals surface area contributed by atoms with Crippen molar-refractivity contribution in [1.82, 2.24) is 24.6 Å². The van der Waals surface area contributed by atoms with Gasteiger partial charge in [0.1, 0.15) is 12.1 Å². The summed E-state index contributed by atoms with van der Waals surface area (Å²) in [4.78, 5) is 15.2. The third-order valence-electron chi connectivity index (χ3n) is 2.97. The fraction of sp³-hybridized carbons (Fsp3) is 0.615. The van der Waals surface area contributed by atoms with Gasteiger partial charge in [0, 0.05) is 12.6 Å². The Kier molecular flexibility index (Phi) is 3.73. The van der Waals surface area contributed by atoms with E-state index in [9.17, 15) is 4.79 Å². The average Bonchev–Trinajstić information content (AvgIpc) is 2.76. The number of fused-ring (bicyclic) bond motifs is 1. The summed E-state index contributed by atoms with van der Waals surface area (Å²) >= 11 is 5.32. The third-order valence-corrected chi connectivity index (χ3v) is 3.30. The normalized spacial score (nSPS) is 12.1. The van der Waals surface area contributed by atoms with Crippen molar-refractivity contribution < 1.29 is 4.79 Å². The first-order valence-electron chi connectivity index (χ1n) is 6.68. The van der Waals surface area contributed by atoms with Crippen LogP contribution < -0.4 is 5.32 Å². The number of nitrogens with one attached hydrogen (secondary N) is 2. The Morgan fingerprint density at radius 3 is 2.65 bits per heavy atom. The number of carbonyl (C=O) groups is 1. The van der Waals surface area contributed by atoms with E-state index in [1.54, 1.807) is 9.25 Å². The van der Waals surface area contributed by atoms with Gasteiger partial charge < -0.3 is 10.3 Å². The van der Waals surface area contributed by atoms with Gasteiger partial charge in [-0.25, -0.2) is 0 Å². The summed E-state index contributed by atoms with van der Waals surface area (Å²) in [6, 6.07) is 0. The highest BCUT2D eigenvalue weighted by Crippen LogP contribution is 2.18. The molecule has 0 aliphatic rings. The Labute approximate surface area is 123 Å². The topological polar surface area (TPSA) is 67.6 Å². The van der Waals surface area contributed by atoms with Crippen LogP contribution in [0.1, 0.15) is 33.4 Å². The molecular weight excluding hydrogens is 274 g/mol. The fourth-order valence-corrected chi connectivity index (χ4v) is 2.53. The first kappa shape index (κ1) is 14.8. The Hall–Kier alpha value is -1.63. The van der Waals surface area contributed by atoms with Crippen LogP contribution >= 0.6 is 12.2 Å². The lowest BCUT2D eigenvalue weighted by Gasteiger charge is -2.20. The van der Waals surface area contributed by atoms with Crippen LogP contribution in [-0.4, -0.2) is 30.8 Å². The molecular formula is C13H21N5OS. The smallest absolute Gasteiger partial charge is 0.240 e. The number of carbonyl (C=O) groups excluding carboxylic acids is 1. The van der Waals surface area contributed by atoms with E-state index in [4.69, 9.17) is 12.2 Å². The minimum Gasteiger partial charge on any atom is -0.350 e. The summed E-state index contributed by atoms with van der Waals surface area (Å²) in [6.45, 7) is 8.10. The molecule has 0 aromatic carbocycles. The molecule has 0 unspecified atom stereocenters. The first-order valence-corrected chi connectivity index (χ1v) is 7.09. The molecule has 2 heterocycles. The van der Waals surface area contributed by atoms with Crippen LogP contribution in [-0.2, 0) is 24.8 Å². The van der Waals surface area contributed by atoms with E-state index in [1.807, 2.05) is 34.7 Å². The molecule has 0 fully saturated rings. The minimum absolute atomic E-state index is 0.0613. The molecule has 0 bridgehead atoms. The number of rotatable bonds is 3. The molecule has 2 aromatic rings. The van der Waals surface area contributed by atoms with Gasteiger partial charge in [-0.05, 0) is 39.4 Å². The number of aromatic amines is 1. The predicted molar refractivity (Wildman–Crippen MR) is 81.2 cm³/mol. The average molecular weight is 295 g/mol. The third kappa shape index (κ3) is 2.77. The lowest BCUT2D eigenvalue weighted by molar-refractivity contribution is -0.123. The first-order chi connectivity index (χ1) is 9.23. The number of H-pyrrole nitrogens is 1. The van der Waals surface area contributed by atoms with E-state index in [2.05, 4.69) is 15.4 Å². The van der Waals surface area contributed by atoms with Crippen molar-refractivity contribution in [2.45, 2.75) is 46.2 Å². The molecule has 2 N–H and O–H groups in total. The van der Waals surface area contributed by atoms with Crippen LogP contribution in [0.4, 0.5) is 0 Å². The number of imidazole rings is 1. The van der Waals surface area contributed by atoms with Crippen molar-refractivity contribution in [1.29, 1.82) is 0 Å².